The van der Waals surface area contributed by atoms with Gasteiger partial charge in [-0.2, -0.15) is 8.78 Å². The highest BCUT2D eigenvalue weighted by atomic mass is 19.3. The number of amides is 1. The predicted molar refractivity (Wildman–Crippen MR) is 98.8 cm³/mol. The van der Waals surface area contributed by atoms with E-state index in [1.165, 1.54) is 19.1 Å². The molecule has 2 aromatic rings. The Morgan fingerprint density at radius 1 is 1.07 bits per heavy atom. The molecule has 0 heterocycles. The third-order valence-electron chi connectivity index (χ3n) is 4.08. The predicted octanol–water partition coefficient (Wildman–Crippen LogP) is 3.86. The van der Waals surface area contributed by atoms with Gasteiger partial charge in [0, 0.05) is 11.7 Å². The monoisotopic (exact) mass is 390 g/mol. The Labute approximate surface area is 160 Å². The number of benzene rings is 2. The molecule has 2 N–H and O–H groups in total. The average molecular weight is 390 g/mol. The van der Waals surface area contributed by atoms with Crippen molar-refractivity contribution in [1.82, 2.24) is 5.32 Å². The van der Waals surface area contributed by atoms with Gasteiger partial charge in [-0.3, -0.25) is 4.79 Å². The van der Waals surface area contributed by atoms with Gasteiger partial charge in [0.05, 0.1) is 11.3 Å². The zero-order chi connectivity index (χ0) is 20.1. The van der Waals surface area contributed by atoms with Crippen molar-refractivity contribution in [2.24, 2.45) is 0 Å². The summed E-state index contributed by atoms with van der Waals surface area (Å²) in [7, 11) is 0. The molecule has 1 fully saturated rings. The average Bonchev–Trinajstić information content (AvgIpc) is 3.47. The molecule has 8 heteroatoms. The molecule has 2 aromatic carbocycles. The lowest BCUT2D eigenvalue weighted by atomic mass is 10.1. The third kappa shape index (κ3) is 5.42. The quantitative estimate of drug-likeness (QED) is 0.670. The molecule has 0 aliphatic heterocycles. The molecule has 1 aliphatic carbocycles. The number of rotatable bonds is 8. The molecule has 0 saturated heterocycles. The van der Waals surface area contributed by atoms with Gasteiger partial charge in [0.25, 0.3) is 5.91 Å². The van der Waals surface area contributed by atoms with Crippen LogP contribution in [0.1, 0.15) is 30.1 Å². The maximum absolute atomic E-state index is 12.5. The van der Waals surface area contributed by atoms with Crippen LogP contribution in [0.25, 0.3) is 0 Å². The summed E-state index contributed by atoms with van der Waals surface area (Å²) in [5, 5.41) is 5.82. The molecule has 6 nitrogen and oxygen atoms in total. The van der Waals surface area contributed by atoms with Gasteiger partial charge in [0.1, 0.15) is 5.75 Å². The van der Waals surface area contributed by atoms with E-state index in [1.54, 1.807) is 36.4 Å². The van der Waals surface area contributed by atoms with Crippen molar-refractivity contribution < 1.29 is 27.8 Å². The van der Waals surface area contributed by atoms with E-state index in [9.17, 15) is 18.4 Å². The number of alkyl halides is 2. The number of hydrogen-bond donors (Lipinski definition) is 2. The molecule has 0 bridgehead atoms. The third-order valence-corrected chi connectivity index (χ3v) is 4.08. The number of anilines is 2. The number of esters is 1. The van der Waals surface area contributed by atoms with Gasteiger partial charge >= 0.3 is 12.6 Å². The van der Waals surface area contributed by atoms with E-state index < -0.39 is 18.7 Å². The second kappa shape index (κ2) is 8.69. The first-order valence-corrected chi connectivity index (χ1v) is 8.84. The Morgan fingerprint density at radius 3 is 2.39 bits per heavy atom. The maximum atomic E-state index is 12.5. The van der Waals surface area contributed by atoms with Crippen LogP contribution in [-0.2, 0) is 9.53 Å². The van der Waals surface area contributed by atoms with Crippen LogP contribution in [0.5, 0.6) is 5.75 Å². The topological polar surface area (TPSA) is 76.7 Å². The molecule has 0 spiro atoms. The molecule has 1 saturated carbocycles. The molecule has 28 heavy (non-hydrogen) atoms. The number of ether oxygens (including phenoxy) is 2. The van der Waals surface area contributed by atoms with Crippen LogP contribution in [0.3, 0.4) is 0 Å². The number of carbonyl (C=O) groups excluding carboxylic acids is 2. The van der Waals surface area contributed by atoms with Gasteiger partial charge in [-0.25, -0.2) is 4.79 Å². The fourth-order valence-electron chi connectivity index (χ4n) is 2.47. The molecule has 1 aliphatic rings. The van der Waals surface area contributed by atoms with E-state index in [0.29, 0.717) is 11.4 Å². The van der Waals surface area contributed by atoms with Crippen LogP contribution >= 0.6 is 0 Å². The Morgan fingerprint density at radius 2 is 1.75 bits per heavy atom. The van der Waals surface area contributed by atoms with Crippen molar-refractivity contribution in [1.29, 1.82) is 0 Å². The Hall–Kier alpha value is -3.16. The summed E-state index contributed by atoms with van der Waals surface area (Å²) in [4.78, 5) is 24.5. The first-order valence-electron chi connectivity index (χ1n) is 8.84. The van der Waals surface area contributed by atoms with Gasteiger partial charge in [-0.1, -0.05) is 12.1 Å². The highest BCUT2D eigenvalue weighted by molar-refractivity contribution is 5.98. The summed E-state index contributed by atoms with van der Waals surface area (Å²) >= 11 is 0. The minimum Gasteiger partial charge on any atom is -0.449 e. The van der Waals surface area contributed by atoms with Gasteiger partial charge in [-0.15, -0.1) is 0 Å². The number of hydrogen-bond acceptors (Lipinski definition) is 5. The Balaban J connectivity index is 1.66. The normalized spacial score (nSPS) is 14.3. The summed E-state index contributed by atoms with van der Waals surface area (Å²) < 4.78 is 34.0. The van der Waals surface area contributed by atoms with Crippen molar-refractivity contribution in [3.63, 3.8) is 0 Å². The largest absolute Gasteiger partial charge is 0.449 e. The molecule has 1 atom stereocenters. The van der Waals surface area contributed by atoms with E-state index in [4.69, 9.17) is 4.74 Å². The maximum Gasteiger partial charge on any atom is 0.387 e. The van der Waals surface area contributed by atoms with Crippen LogP contribution < -0.4 is 15.4 Å². The lowest BCUT2D eigenvalue weighted by molar-refractivity contribution is -0.129. The zero-order valence-corrected chi connectivity index (χ0v) is 15.2. The molecule has 0 aromatic heterocycles. The Kier molecular flexibility index (Phi) is 6.08. The van der Waals surface area contributed by atoms with Gasteiger partial charge in [0.15, 0.2) is 6.10 Å². The minimum atomic E-state index is -2.89. The summed E-state index contributed by atoms with van der Waals surface area (Å²) in [6.07, 6.45) is 0.979. The second-order valence-corrected chi connectivity index (χ2v) is 6.40. The summed E-state index contributed by atoms with van der Waals surface area (Å²) in [6, 6.07) is 12.7. The summed E-state index contributed by atoms with van der Waals surface area (Å²) in [6.45, 7) is -1.37. The van der Waals surface area contributed by atoms with Crippen molar-refractivity contribution in [3.8, 4) is 5.75 Å². The van der Waals surface area contributed by atoms with Gasteiger partial charge < -0.3 is 20.1 Å². The van der Waals surface area contributed by atoms with E-state index in [2.05, 4.69) is 15.4 Å². The van der Waals surface area contributed by atoms with E-state index in [-0.39, 0.29) is 23.3 Å². The number of para-hydroxylation sites is 1. The SMILES string of the molecule is C[C@@H](OC(=O)c1ccccc1Nc1ccc(OC(F)F)cc1)C(=O)NC1CC1. The fourth-order valence-corrected chi connectivity index (χ4v) is 2.47. The molecule has 3 rings (SSSR count). The number of carbonyl (C=O) groups is 2. The number of nitrogens with one attached hydrogen (secondary N) is 2. The van der Waals surface area contributed by atoms with Crippen molar-refractivity contribution in [2.75, 3.05) is 5.32 Å². The van der Waals surface area contributed by atoms with E-state index in [1.807, 2.05) is 0 Å². The molecular formula is C20H20F2N2O4. The lowest BCUT2D eigenvalue weighted by Crippen LogP contribution is -2.37. The highest BCUT2D eigenvalue weighted by Crippen LogP contribution is 2.25. The van der Waals surface area contributed by atoms with Crippen molar-refractivity contribution >= 4 is 23.3 Å². The highest BCUT2D eigenvalue weighted by Gasteiger charge is 2.27. The summed E-state index contributed by atoms with van der Waals surface area (Å²) in [5.74, 6) is -0.932. The zero-order valence-electron chi connectivity index (χ0n) is 15.2. The van der Waals surface area contributed by atoms with Crippen LogP contribution in [0.2, 0.25) is 0 Å². The van der Waals surface area contributed by atoms with Crippen LogP contribution in [0.4, 0.5) is 20.2 Å². The van der Waals surface area contributed by atoms with E-state index in [0.717, 1.165) is 12.8 Å². The summed E-state index contributed by atoms with van der Waals surface area (Å²) in [5.41, 5.74) is 1.28. The Bertz CT molecular complexity index is 838. The van der Waals surface area contributed by atoms with Crippen LogP contribution in [0, 0.1) is 0 Å². The minimum absolute atomic E-state index is 0.0312. The lowest BCUT2D eigenvalue weighted by Gasteiger charge is -2.16. The van der Waals surface area contributed by atoms with E-state index >= 15 is 0 Å². The van der Waals surface area contributed by atoms with Crippen molar-refractivity contribution in [2.45, 2.75) is 38.5 Å². The van der Waals surface area contributed by atoms with Crippen LogP contribution in [0.15, 0.2) is 48.5 Å². The standard InChI is InChI=1S/C20H20F2N2O4/c1-12(18(25)24-14-6-7-14)27-19(26)16-4-2-3-5-17(16)23-13-8-10-15(11-9-13)28-20(21)22/h2-5,8-12,14,20,23H,6-7H2,1H3,(H,24,25)/t12-/m1/s1. The number of halogens is 2. The fraction of sp³-hybridized carbons (Fsp3) is 0.300. The molecular weight excluding hydrogens is 370 g/mol. The van der Waals surface area contributed by atoms with Gasteiger partial charge in [-0.05, 0) is 56.2 Å². The van der Waals surface area contributed by atoms with Crippen molar-refractivity contribution in [3.05, 3.63) is 54.1 Å². The first kappa shape index (κ1) is 19.6. The molecule has 0 unspecified atom stereocenters. The van der Waals surface area contributed by atoms with Gasteiger partial charge in [0.2, 0.25) is 0 Å². The second-order valence-electron chi connectivity index (χ2n) is 6.40. The molecule has 0 radical (unpaired) electrons. The smallest absolute Gasteiger partial charge is 0.387 e. The molecule has 1 amide bonds. The first-order chi connectivity index (χ1) is 13.4. The van der Waals surface area contributed by atoms with Crippen LogP contribution in [-0.4, -0.2) is 30.6 Å². The molecule has 148 valence electrons.